The summed E-state index contributed by atoms with van der Waals surface area (Å²) in [6, 6.07) is 0. The van der Waals surface area contributed by atoms with Gasteiger partial charge in [-0.15, -0.1) is 26.3 Å². The summed E-state index contributed by atoms with van der Waals surface area (Å²) in [6.45, 7) is 12.0. The van der Waals surface area contributed by atoms with Crippen molar-refractivity contribution < 1.29 is 26.2 Å². The Morgan fingerprint density at radius 2 is 0.600 bits per heavy atom. The Morgan fingerprint density at radius 1 is 0.600 bits per heavy atom. The molecule has 1 heteroatoms. The second-order valence-corrected chi connectivity index (χ2v) is 0. The summed E-state index contributed by atoms with van der Waals surface area (Å²) in [5.74, 6) is 0. The molecule has 28 valence electrons. The predicted octanol–water partition coefficient (Wildman–Crippen LogP) is 1.60. The van der Waals surface area contributed by atoms with Crippen LogP contribution >= 0.6 is 0 Å². The van der Waals surface area contributed by atoms with Crippen LogP contribution in [0, 0.1) is 0 Å². The summed E-state index contributed by atoms with van der Waals surface area (Å²) < 4.78 is 0. The fourth-order valence-electron chi connectivity index (χ4n) is 0. The smallest absolute Gasteiger partial charge is 0 e. The predicted molar refractivity (Wildman–Crippen MR) is 22.5 cm³/mol. The van der Waals surface area contributed by atoms with Gasteiger partial charge >= 0.3 is 0 Å². The van der Waals surface area contributed by atoms with Crippen LogP contribution in [-0.4, -0.2) is 0 Å². The monoisotopic (exact) mass is 146 g/mol. The maximum atomic E-state index is 3.00. The fraction of sp³-hybridized carbons (Fsp3) is 0. The van der Waals surface area contributed by atoms with Crippen LogP contribution in [0.2, 0.25) is 0 Å². The molecule has 0 saturated heterocycles. The first-order valence-corrected chi connectivity index (χ1v) is 1.000. The van der Waals surface area contributed by atoms with E-state index in [2.05, 4.69) is 26.3 Å². The molecule has 0 nitrogen and oxygen atoms in total. The van der Waals surface area contributed by atoms with Gasteiger partial charge in [0.25, 0.3) is 0 Å². The van der Waals surface area contributed by atoms with E-state index >= 15 is 0 Å². The molecule has 0 aromatic carbocycles. The van der Waals surface area contributed by atoms with Gasteiger partial charge in [0.2, 0.25) is 0 Å². The van der Waals surface area contributed by atoms with Crippen molar-refractivity contribution in [3.63, 3.8) is 0 Å². The van der Waals surface area contributed by atoms with Gasteiger partial charge in [-0.25, -0.2) is 0 Å². The zero-order valence-corrected chi connectivity index (χ0v) is 5.79. The van der Waals surface area contributed by atoms with Crippen LogP contribution in [-0.2, 0) is 26.2 Å². The second-order valence-electron chi connectivity index (χ2n) is 0. The van der Waals surface area contributed by atoms with Crippen molar-refractivity contribution >= 4 is 0 Å². The van der Waals surface area contributed by atoms with E-state index in [-0.39, 0.29) is 26.2 Å². The quantitative estimate of drug-likeness (QED) is 0.457. The molecule has 0 aromatic rings. The molecule has 0 aliphatic rings. The van der Waals surface area contributed by atoms with Crippen LogP contribution in [0.15, 0.2) is 26.3 Å². The molecule has 0 aliphatic heterocycles. The van der Waals surface area contributed by atoms with E-state index in [1.54, 1.807) is 0 Å². The number of rotatable bonds is 0. The average molecular weight is 147 g/mol. The van der Waals surface area contributed by atoms with Crippen molar-refractivity contribution in [3.8, 4) is 0 Å². The van der Waals surface area contributed by atoms with Crippen LogP contribution < -0.4 is 0 Å². The van der Waals surface area contributed by atoms with Crippen LogP contribution in [0.4, 0.5) is 0 Å². The van der Waals surface area contributed by atoms with E-state index in [1.807, 2.05) is 0 Å². The summed E-state index contributed by atoms with van der Waals surface area (Å²) >= 11 is 0. The molecule has 0 fully saturated rings. The average Bonchev–Trinajstić information content (AvgIpc) is 1.50. The van der Waals surface area contributed by atoms with Crippen LogP contribution in [0.5, 0.6) is 0 Å². The molecular formula is C4H8Zr. The molecule has 0 radical (unpaired) electrons. The second kappa shape index (κ2) is 374. The standard InChI is InChI=1S/2C2H4.Zr/c2*1-2;/h2*1-2H2;. The number of hydrogen-bond acceptors (Lipinski definition) is 0. The van der Waals surface area contributed by atoms with Crippen molar-refractivity contribution in [3.05, 3.63) is 26.3 Å². The Morgan fingerprint density at radius 3 is 0.600 bits per heavy atom. The van der Waals surface area contributed by atoms with E-state index < -0.39 is 0 Å². The molecule has 0 spiro atoms. The fourth-order valence-corrected chi connectivity index (χ4v) is 0. The molecule has 0 saturated carbocycles. The Kier molecular flexibility index (Phi) is 1370. The first-order valence-electron chi connectivity index (χ1n) is 1.000. The van der Waals surface area contributed by atoms with E-state index in [0.29, 0.717) is 0 Å². The van der Waals surface area contributed by atoms with E-state index in [1.165, 1.54) is 0 Å². The normalized spacial score (nSPS) is 1.60. The number of hydrogen-bond donors (Lipinski definition) is 0. The Hall–Kier alpha value is 0.363. The minimum Gasteiger partial charge on any atom is -0.106 e. The van der Waals surface area contributed by atoms with Crippen molar-refractivity contribution in [2.75, 3.05) is 0 Å². The van der Waals surface area contributed by atoms with Gasteiger partial charge in [0.15, 0.2) is 0 Å². The third kappa shape index (κ3) is 185. The minimum absolute atomic E-state index is 0. The molecule has 0 bridgehead atoms. The summed E-state index contributed by atoms with van der Waals surface area (Å²) in [6.07, 6.45) is 0. The van der Waals surface area contributed by atoms with Crippen molar-refractivity contribution in [1.29, 1.82) is 0 Å². The molecule has 0 atom stereocenters. The van der Waals surface area contributed by atoms with Gasteiger partial charge in [-0.05, 0) is 0 Å². The molecule has 0 heterocycles. The van der Waals surface area contributed by atoms with Gasteiger partial charge in [0.05, 0.1) is 0 Å². The third-order valence-electron chi connectivity index (χ3n) is 0. The summed E-state index contributed by atoms with van der Waals surface area (Å²) in [5.41, 5.74) is 0. The molecule has 0 aliphatic carbocycles. The molecule has 0 rings (SSSR count). The zero-order valence-electron chi connectivity index (χ0n) is 3.33. The summed E-state index contributed by atoms with van der Waals surface area (Å²) in [5, 5.41) is 0. The molecule has 0 amide bonds. The van der Waals surface area contributed by atoms with Crippen molar-refractivity contribution in [2.45, 2.75) is 0 Å². The van der Waals surface area contributed by atoms with Gasteiger partial charge in [0, 0.05) is 26.2 Å². The molecule has 0 unspecified atom stereocenters. The van der Waals surface area contributed by atoms with Crippen molar-refractivity contribution in [1.82, 2.24) is 0 Å². The van der Waals surface area contributed by atoms with Gasteiger partial charge in [-0.1, -0.05) is 0 Å². The first kappa shape index (κ1) is 18.3. The third-order valence-corrected chi connectivity index (χ3v) is 0. The minimum atomic E-state index is 0. The first-order chi connectivity index (χ1) is 2.00. The maximum absolute atomic E-state index is 3.00. The maximum Gasteiger partial charge on any atom is 0 e. The Balaban J connectivity index is -0.0000000133. The van der Waals surface area contributed by atoms with Crippen molar-refractivity contribution in [2.24, 2.45) is 0 Å². The van der Waals surface area contributed by atoms with E-state index in [0.717, 1.165) is 0 Å². The summed E-state index contributed by atoms with van der Waals surface area (Å²) in [7, 11) is 0. The Bertz CT molecular complexity index is 5.61. The van der Waals surface area contributed by atoms with Crippen LogP contribution in [0.3, 0.4) is 0 Å². The van der Waals surface area contributed by atoms with Gasteiger partial charge in [-0.3, -0.25) is 0 Å². The topological polar surface area (TPSA) is 0 Å². The summed E-state index contributed by atoms with van der Waals surface area (Å²) in [4.78, 5) is 0. The van der Waals surface area contributed by atoms with Gasteiger partial charge in [-0.2, -0.15) is 0 Å². The van der Waals surface area contributed by atoms with Gasteiger partial charge in [0.1, 0.15) is 0 Å². The van der Waals surface area contributed by atoms with E-state index in [9.17, 15) is 0 Å². The zero-order chi connectivity index (χ0) is 4.00. The van der Waals surface area contributed by atoms with Crippen LogP contribution in [0.1, 0.15) is 0 Å². The largest absolute Gasteiger partial charge is 0.106 e. The molecule has 0 aromatic heterocycles. The molecular weight excluding hydrogens is 139 g/mol. The Labute approximate surface area is 52.7 Å². The molecule has 5 heavy (non-hydrogen) atoms. The SMILES string of the molecule is C=C.C=C.[Zr]. The van der Waals surface area contributed by atoms with Crippen LogP contribution in [0.25, 0.3) is 0 Å². The van der Waals surface area contributed by atoms with Gasteiger partial charge < -0.3 is 0 Å². The molecule has 0 N–H and O–H groups in total. The van der Waals surface area contributed by atoms with E-state index in [4.69, 9.17) is 0 Å².